The second kappa shape index (κ2) is 30.4. The van der Waals surface area contributed by atoms with E-state index in [1.54, 1.807) is 37.4 Å². The quantitative estimate of drug-likeness (QED) is 0.0630. The minimum absolute atomic E-state index is 0.496. The summed E-state index contributed by atoms with van der Waals surface area (Å²) in [5, 5.41) is 0. The van der Waals surface area contributed by atoms with Gasteiger partial charge in [-0.25, -0.2) is 0 Å². The lowest BCUT2D eigenvalue weighted by molar-refractivity contribution is 0.559. The summed E-state index contributed by atoms with van der Waals surface area (Å²) in [4.78, 5) is 0. The zero-order valence-electron chi connectivity index (χ0n) is 27.2. The molecule has 0 spiro atoms. The van der Waals surface area contributed by atoms with Crippen LogP contribution in [0.5, 0.6) is 0 Å². The molecule has 0 bridgehead atoms. The minimum Gasteiger partial charge on any atom is -0.0654 e. The van der Waals surface area contributed by atoms with Crippen LogP contribution in [0, 0.1) is 0 Å². The highest BCUT2D eigenvalue weighted by Crippen LogP contribution is 2.21. The zero-order chi connectivity index (χ0) is 27.9. The third-order valence-electron chi connectivity index (χ3n) is 9.10. The van der Waals surface area contributed by atoms with Gasteiger partial charge in [-0.1, -0.05) is 223 Å². The first kappa shape index (κ1) is 36.5. The van der Waals surface area contributed by atoms with Crippen LogP contribution in [0.2, 0.25) is 18.1 Å². The third-order valence-corrected chi connectivity index (χ3v) is 12.8. The first-order chi connectivity index (χ1) is 19.4. The van der Waals surface area contributed by atoms with Crippen LogP contribution >= 0.6 is 0 Å². The smallest absolute Gasteiger partial charge is 0.0367 e. The van der Waals surface area contributed by atoms with Crippen molar-refractivity contribution in [3.63, 3.8) is 0 Å². The Hall–Kier alpha value is -0.563. The van der Waals surface area contributed by atoms with Gasteiger partial charge in [0.25, 0.3) is 0 Å². The van der Waals surface area contributed by atoms with E-state index in [4.69, 9.17) is 0 Å². The fourth-order valence-corrected chi connectivity index (χ4v) is 9.85. The highest BCUT2D eigenvalue weighted by molar-refractivity contribution is 6.58. The van der Waals surface area contributed by atoms with Crippen molar-refractivity contribution < 1.29 is 0 Å². The van der Waals surface area contributed by atoms with E-state index in [0.717, 1.165) is 0 Å². The van der Waals surface area contributed by atoms with Gasteiger partial charge in [-0.15, -0.1) is 0 Å². The summed E-state index contributed by atoms with van der Waals surface area (Å²) in [7, 11) is -0.496. The molecule has 0 aliphatic carbocycles. The van der Waals surface area contributed by atoms with E-state index in [0.29, 0.717) is 0 Å². The molecule has 0 unspecified atom stereocenters. The van der Waals surface area contributed by atoms with Gasteiger partial charge in [0.1, 0.15) is 0 Å². The van der Waals surface area contributed by atoms with Crippen molar-refractivity contribution in [3.8, 4) is 0 Å². The molecule has 1 aromatic carbocycles. The predicted octanol–water partition coefficient (Wildman–Crippen LogP) is 13.6. The fourth-order valence-electron chi connectivity index (χ4n) is 6.39. The molecule has 0 N–H and O–H groups in total. The van der Waals surface area contributed by atoms with Crippen LogP contribution in [-0.2, 0) is 6.42 Å². The second-order valence-corrected chi connectivity index (χ2v) is 16.4. The molecule has 0 saturated carbocycles. The van der Waals surface area contributed by atoms with E-state index in [9.17, 15) is 0 Å². The molecule has 0 radical (unpaired) electrons. The summed E-state index contributed by atoms with van der Waals surface area (Å²) in [5.74, 6) is 0. The topological polar surface area (TPSA) is 0 Å². The summed E-state index contributed by atoms with van der Waals surface area (Å²) in [5.41, 5.74) is 1.52. The lowest BCUT2D eigenvalue weighted by Gasteiger charge is -2.15. The van der Waals surface area contributed by atoms with Gasteiger partial charge in [-0.3, -0.25) is 0 Å². The van der Waals surface area contributed by atoms with Crippen molar-refractivity contribution in [1.29, 1.82) is 0 Å². The lowest BCUT2D eigenvalue weighted by atomic mass is 10.1. The molecule has 1 aromatic rings. The maximum absolute atomic E-state index is 2.32. The SMILES string of the molecule is CCCCCCCCCCCC[SiH](CCCCCCCCCCCC)CCCCCCCCc1ccccc1. The standard InChI is InChI=1S/C38H72Si/c1-3-5-7-9-11-13-15-18-22-29-35-39(36-30-23-19-16-14-12-10-8-6-4-2)37-31-24-20-17-21-26-32-38-33-27-25-28-34-38/h25,27-28,33-34,39H,3-24,26,29-32,35-37H2,1-2H3. The molecule has 1 heteroatoms. The highest BCUT2D eigenvalue weighted by atomic mass is 28.3. The van der Waals surface area contributed by atoms with Gasteiger partial charge in [0.2, 0.25) is 0 Å². The lowest BCUT2D eigenvalue weighted by Crippen LogP contribution is -2.12. The molecule has 228 valence electrons. The van der Waals surface area contributed by atoms with Crippen molar-refractivity contribution in [3.05, 3.63) is 35.9 Å². The van der Waals surface area contributed by atoms with Crippen LogP contribution in [0.1, 0.15) is 186 Å². The minimum atomic E-state index is -0.496. The maximum atomic E-state index is 2.32. The van der Waals surface area contributed by atoms with Gasteiger partial charge in [0.05, 0.1) is 0 Å². The number of hydrogen-bond donors (Lipinski definition) is 0. The third kappa shape index (κ3) is 26.1. The van der Waals surface area contributed by atoms with Gasteiger partial charge < -0.3 is 0 Å². The molecule has 0 fully saturated rings. The van der Waals surface area contributed by atoms with E-state index >= 15 is 0 Å². The van der Waals surface area contributed by atoms with E-state index < -0.39 is 8.80 Å². The summed E-state index contributed by atoms with van der Waals surface area (Å²) in [6, 6.07) is 16.0. The summed E-state index contributed by atoms with van der Waals surface area (Å²) in [6.45, 7) is 4.64. The molecule has 0 atom stereocenters. The average molecular weight is 557 g/mol. The van der Waals surface area contributed by atoms with Gasteiger partial charge in [-0.2, -0.15) is 0 Å². The van der Waals surface area contributed by atoms with E-state index in [1.165, 1.54) is 160 Å². The molecule has 1 rings (SSSR count). The Bertz CT molecular complexity index is 543. The van der Waals surface area contributed by atoms with E-state index in [1.807, 2.05) is 0 Å². The number of unbranched alkanes of at least 4 members (excludes halogenated alkanes) is 23. The molecule has 39 heavy (non-hydrogen) atoms. The van der Waals surface area contributed by atoms with E-state index in [-0.39, 0.29) is 0 Å². The number of benzene rings is 1. The van der Waals surface area contributed by atoms with Crippen LogP contribution in [-0.4, -0.2) is 8.80 Å². The Balaban J connectivity index is 2.10. The fraction of sp³-hybridized carbons (Fsp3) is 0.842. The largest absolute Gasteiger partial charge is 0.0654 e. The monoisotopic (exact) mass is 557 g/mol. The Morgan fingerprint density at radius 1 is 0.359 bits per heavy atom. The van der Waals surface area contributed by atoms with Gasteiger partial charge >= 0.3 is 0 Å². The summed E-state index contributed by atoms with van der Waals surface area (Å²) >= 11 is 0. The molecule has 0 nitrogen and oxygen atoms in total. The number of rotatable bonds is 31. The maximum Gasteiger partial charge on any atom is 0.0367 e. The van der Waals surface area contributed by atoms with Gasteiger partial charge in [-0.05, 0) is 18.4 Å². The summed E-state index contributed by atoms with van der Waals surface area (Å²) in [6.07, 6.45) is 39.7. The Kier molecular flexibility index (Phi) is 28.4. The molecule has 0 aliphatic rings. The summed E-state index contributed by atoms with van der Waals surface area (Å²) < 4.78 is 0. The van der Waals surface area contributed by atoms with Crippen molar-refractivity contribution in [2.45, 2.75) is 205 Å². The average Bonchev–Trinajstić information content (AvgIpc) is 2.96. The van der Waals surface area contributed by atoms with Gasteiger partial charge in [0.15, 0.2) is 0 Å². The van der Waals surface area contributed by atoms with Crippen LogP contribution < -0.4 is 0 Å². The molecule has 0 aromatic heterocycles. The Morgan fingerprint density at radius 3 is 1.03 bits per heavy atom. The Labute approximate surface area is 249 Å². The molecule has 0 heterocycles. The molecular formula is C38H72Si. The first-order valence-corrected chi connectivity index (χ1v) is 20.9. The van der Waals surface area contributed by atoms with Crippen molar-refractivity contribution in [2.75, 3.05) is 0 Å². The van der Waals surface area contributed by atoms with Crippen LogP contribution in [0.15, 0.2) is 30.3 Å². The van der Waals surface area contributed by atoms with Gasteiger partial charge in [0, 0.05) is 8.80 Å². The van der Waals surface area contributed by atoms with Crippen LogP contribution in [0.4, 0.5) is 0 Å². The second-order valence-electron chi connectivity index (χ2n) is 13.0. The Morgan fingerprint density at radius 2 is 0.667 bits per heavy atom. The van der Waals surface area contributed by atoms with E-state index in [2.05, 4.69) is 44.2 Å². The zero-order valence-corrected chi connectivity index (χ0v) is 28.3. The van der Waals surface area contributed by atoms with Crippen molar-refractivity contribution >= 4 is 8.80 Å². The molecule has 0 saturated heterocycles. The molecular weight excluding hydrogens is 485 g/mol. The van der Waals surface area contributed by atoms with Crippen LogP contribution in [0.3, 0.4) is 0 Å². The first-order valence-electron chi connectivity index (χ1n) is 18.4. The number of hydrogen-bond acceptors (Lipinski definition) is 0. The molecule has 0 aliphatic heterocycles. The number of aryl methyl sites for hydroxylation is 1. The predicted molar refractivity (Wildman–Crippen MR) is 183 cm³/mol. The van der Waals surface area contributed by atoms with Crippen molar-refractivity contribution in [2.24, 2.45) is 0 Å². The molecule has 0 amide bonds. The highest BCUT2D eigenvalue weighted by Gasteiger charge is 2.10. The normalized spacial score (nSPS) is 11.6. The van der Waals surface area contributed by atoms with Crippen molar-refractivity contribution in [1.82, 2.24) is 0 Å². The van der Waals surface area contributed by atoms with Crippen LogP contribution in [0.25, 0.3) is 0 Å².